The smallest absolute Gasteiger partial charge is 0.141 e. The molecule has 0 aliphatic heterocycles. The number of pyridine rings is 1. The van der Waals surface area contributed by atoms with E-state index in [9.17, 15) is 4.39 Å². The Kier molecular flexibility index (Phi) is 4.92. The number of nitrogens with one attached hydrogen (secondary N) is 1. The molecule has 0 spiro atoms. The van der Waals surface area contributed by atoms with Gasteiger partial charge in [0.05, 0.1) is 12.7 Å². The van der Waals surface area contributed by atoms with E-state index in [4.69, 9.17) is 6.42 Å². The van der Waals surface area contributed by atoms with Gasteiger partial charge < -0.3 is 10.2 Å². The fourth-order valence-corrected chi connectivity index (χ4v) is 1.47. The molecule has 17 heavy (non-hydrogen) atoms. The third-order valence-corrected chi connectivity index (χ3v) is 2.30. The maximum absolute atomic E-state index is 13.2. The first-order chi connectivity index (χ1) is 8.04. The summed E-state index contributed by atoms with van der Waals surface area (Å²) in [4.78, 5) is 5.92. The van der Waals surface area contributed by atoms with Gasteiger partial charge >= 0.3 is 0 Å². The largest absolute Gasteiger partial charge is 0.348 e. The molecule has 0 radical (unpaired) electrons. The summed E-state index contributed by atoms with van der Waals surface area (Å²) in [6.07, 6.45) is 6.47. The molecule has 0 bridgehead atoms. The lowest BCUT2D eigenvalue weighted by Gasteiger charge is -2.19. The fraction of sp³-hybridized carbons (Fsp3) is 0.462. The van der Waals surface area contributed by atoms with Crippen LogP contribution in [0.25, 0.3) is 0 Å². The Hall–Kier alpha value is -1.60. The molecule has 0 saturated carbocycles. The van der Waals surface area contributed by atoms with Crippen LogP contribution in [-0.4, -0.2) is 24.6 Å². The average Bonchev–Trinajstić information content (AvgIpc) is 2.26. The molecule has 1 rings (SSSR count). The molecule has 1 aromatic heterocycles. The molecule has 0 aromatic carbocycles. The molecule has 0 fully saturated rings. The second-order valence-electron chi connectivity index (χ2n) is 4.23. The lowest BCUT2D eigenvalue weighted by Crippen LogP contribution is -2.25. The van der Waals surface area contributed by atoms with Crippen molar-refractivity contribution in [2.45, 2.75) is 26.4 Å². The number of halogens is 1. The quantitative estimate of drug-likeness (QED) is 0.789. The molecule has 92 valence electrons. The Balaban J connectivity index is 2.91. The summed E-state index contributed by atoms with van der Waals surface area (Å²) in [5, 5.41) is 3.24. The standard InChI is InChI=1S/C13H18FN3/c1-5-6-17(4)13-11(8-15-10(2)3)7-12(14)9-16-13/h1,7,9-10,15H,6,8H2,2-4H3. The highest BCUT2D eigenvalue weighted by Gasteiger charge is 2.10. The molecule has 0 amide bonds. The van der Waals surface area contributed by atoms with Gasteiger partial charge in [0.25, 0.3) is 0 Å². The van der Waals surface area contributed by atoms with E-state index < -0.39 is 0 Å². The zero-order valence-corrected chi connectivity index (χ0v) is 10.5. The van der Waals surface area contributed by atoms with E-state index in [1.54, 1.807) is 0 Å². The van der Waals surface area contributed by atoms with E-state index in [-0.39, 0.29) is 5.82 Å². The molecular weight excluding hydrogens is 217 g/mol. The Morgan fingerprint density at radius 3 is 2.88 bits per heavy atom. The summed E-state index contributed by atoms with van der Waals surface area (Å²) in [5.74, 6) is 2.93. The molecule has 0 atom stereocenters. The van der Waals surface area contributed by atoms with Crippen LogP contribution in [-0.2, 0) is 6.54 Å². The minimum absolute atomic E-state index is 0.330. The minimum atomic E-state index is -0.330. The normalized spacial score (nSPS) is 10.4. The van der Waals surface area contributed by atoms with Crippen molar-refractivity contribution in [3.05, 3.63) is 23.6 Å². The highest BCUT2D eigenvalue weighted by Crippen LogP contribution is 2.17. The van der Waals surface area contributed by atoms with Crippen LogP contribution in [0, 0.1) is 18.2 Å². The molecule has 4 heteroatoms. The topological polar surface area (TPSA) is 28.2 Å². The van der Waals surface area contributed by atoms with E-state index in [1.165, 1.54) is 12.3 Å². The highest BCUT2D eigenvalue weighted by atomic mass is 19.1. The lowest BCUT2D eigenvalue weighted by atomic mass is 10.2. The predicted molar refractivity (Wildman–Crippen MR) is 68.3 cm³/mol. The van der Waals surface area contributed by atoms with Crippen LogP contribution in [0.5, 0.6) is 0 Å². The van der Waals surface area contributed by atoms with E-state index in [2.05, 4.69) is 16.2 Å². The van der Waals surface area contributed by atoms with Gasteiger partial charge in [0.2, 0.25) is 0 Å². The monoisotopic (exact) mass is 235 g/mol. The summed E-state index contributed by atoms with van der Waals surface area (Å²) in [7, 11) is 1.85. The number of anilines is 1. The first-order valence-electron chi connectivity index (χ1n) is 5.57. The average molecular weight is 235 g/mol. The van der Waals surface area contributed by atoms with Gasteiger partial charge in [0.1, 0.15) is 11.6 Å². The summed E-state index contributed by atoms with van der Waals surface area (Å²) in [6.45, 7) is 5.11. The van der Waals surface area contributed by atoms with Crippen molar-refractivity contribution in [2.75, 3.05) is 18.5 Å². The van der Waals surface area contributed by atoms with Crippen LogP contribution in [0.4, 0.5) is 10.2 Å². The van der Waals surface area contributed by atoms with Crippen LogP contribution in [0.1, 0.15) is 19.4 Å². The molecule has 0 aliphatic rings. The van der Waals surface area contributed by atoms with Gasteiger partial charge in [-0.15, -0.1) is 6.42 Å². The second-order valence-corrected chi connectivity index (χ2v) is 4.23. The van der Waals surface area contributed by atoms with Gasteiger partial charge in [-0.3, -0.25) is 0 Å². The van der Waals surface area contributed by atoms with Crippen molar-refractivity contribution in [3.63, 3.8) is 0 Å². The molecule has 0 unspecified atom stereocenters. The predicted octanol–water partition coefficient (Wildman–Crippen LogP) is 1.79. The van der Waals surface area contributed by atoms with Gasteiger partial charge in [-0.1, -0.05) is 19.8 Å². The van der Waals surface area contributed by atoms with E-state index in [1.807, 2.05) is 25.8 Å². The maximum atomic E-state index is 13.2. The number of nitrogens with zero attached hydrogens (tertiary/aromatic N) is 2. The maximum Gasteiger partial charge on any atom is 0.141 e. The van der Waals surface area contributed by atoms with E-state index in [0.717, 1.165) is 11.4 Å². The van der Waals surface area contributed by atoms with Crippen LogP contribution in [0.15, 0.2) is 12.3 Å². The molecule has 1 N–H and O–H groups in total. The first kappa shape index (κ1) is 13.5. The van der Waals surface area contributed by atoms with Crippen molar-refractivity contribution in [3.8, 4) is 12.3 Å². The molecule has 0 saturated heterocycles. The first-order valence-corrected chi connectivity index (χ1v) is 5.57. The van der Waals surface area contributed by atoms with Crippen molar-refractivity contribution in [1.82, 2.24) is 10.3 Å². The van der Waals surface area contributed by atoms with Gasteiger partial charge in [0.15, 0.2) is 0 Å². The van der Waals surface area contributed by atoms with Gasteiger partial charge in [-0.05, 0) is 6.07 Å². The van der Waals surface area contributed by atoms with Crippen LogP contribution in [0.3, 0.4) is 0 Å². The third-order valence-electron chi connectivity index (χ3n) is 2.30. The summed E-state index contributed by atoms with van der Waals surface area (Å²) in [5.41, 5.74) is 0.816. The molecule has 0 aliphatic carbocycles. The molecule has 1 heterocycles. The third kappa shape index (κ3) is 4.04. The Bertz CT molecular complexity index is 410. The van der Waals surface area contributed by atoms with E-state index in [0.29, 0.717) is 19.1 Å². The van der Waals surface area contributed by atoms with Gasteiger partial charge in [0, 0.05) is 25.2 Å². The summed E-state index contributed by atoms with van der Waals surface area (Å²) >= 11 is 0. The number of hydrogen-bond donors (Lipinski definition) is 1. The summed E-state index contributed by atoms with van der Waals surface area (Å²) in [6, 6.07) is 1.83. The molecular formula is C13H18FN3. The Labute approximate surface area is 102 Å². The van der Waals surface area contributed by atoms with Crippen molar-refractivity contribution < 1.29 is 4.39 Å². The van der Waals surface area contributed by atoms with E-state index >= 15 is 0 Å². The summed E-state index contributed by atoms with van der Waals surface area (Å²) < 4.78 is 13.2. The highest BCUT2D eigenvalue weighted by molar-refractivity contribution is 5.47. The van der Waals surface area contributed by atoms with Crippen LogP contribution >= 0.6 is 0 Å². The minimum Gasteiger partial charge on any atom is -0.348 e. The van der Waals surface area contributed by atoms with Crippen molar-refractivity contribution in [1.29, 1.82) is 0 Å². The zero-order valence-electron chi connectivity index (χ0n) is 10.5. The molecule has 1 aromatic rings. The second kappa shape index (κ2) is 6.21. The number of rotatable bonds is 5. The number of terminal acetylenes is 1. The Morgan fingerprint density at radius 2 is 2.29 bits per heavy atom. The zero-order chi connectivity index (χ0) is 12.8. The fourth-order valence-electron chi connectivity index (χ4n) is 1.47. The lowest BCUT2D eigenvalue weighted by molar-refractivity contribution is 0.577. The number of aromatic nitrogens is 1. The van der Waals surface area contributed by atoms with Crippen LogP contribution < -0.4 is 10.2 Å². The van der Waals surface area contributed by atoms with Gasteiger partial charge in [-0.25, -0.2) is 9.37 Å². The number of hydrogen-bond acceptors (Lipinski definition) is 3. The SMILES string of the molecule is C#CCN(C)c1ncc(F)cc1CNC(C)C. The van der Waals surface area contributed by atoms with Gasteiger partial charge in [-0.2, -0.15) is 0 Å². The van der Waals surface area contributed by atoms with Crippen LogP contribution in [0.2, 0.25) is 0 Å². The van der Waals surface area contributed by atoms with Crippen molar-refractivity contribution >= 4 is 5.82 Å². The molecule has 3 nitrogen and oxygen atoms in total. The Morgan fingerprint density at radius 1 is 1.59 bits per heavy atom. The van der Waals surface area contributed by atoms with Crippen molar-refractivity contribution in [2.24, 2.45) is 0 Å².